The highest BCUT2D eigenvalue weighted by Gasteiger charge is 2.45. The topological polar surface area (TPSA) is 3.24 Å². The highest BCUT2D eigenvalue weighted by atomic mass is 15.1. The monoisotopic (exact) mass is 655 g/mol. The van der Waals surface area contributed by atoms with Gasteiger partial charge in [0.05, 0.1) is 5.69 Å². The maximum atomic E-state index is 2.42. The molecule has 0 amide bonds. The predicted molar refractivity (Wildman–Crippen MR) is 218 cm³/mol. The number of nitrogens with zero attached hydrogens (tertiary/aromatic N) is 1. The lowest BCUT2D eigenvalue weighted by Crippen LogP contribution is -2.42. The minimum Gasteiger partial charge on any atom is -0.310 e. The van der Waals surface area contributed by atoms with Gasteiger partial charge in [0.2, 0.25) is 0 Å². The van der Waals surface area contributed by atoms with E-state index in [1.807, 2.05) is 0 Å². The molecule has 0 radical (unpaired) electrons. The van der Waals surface area contributed by atoms with Crippen LogP contribution in [0.15, 0.2) is 176 Å². The highest BCUT2D eigenvalue weighted by molar-refractivity contribution is 6.17. The molecular weight excluding hydrogens is 615 g/mol. The third kappa shape index (κ3) is 4.91. The molecule has 9 rings (SSSR count). The van der Waals surface area contributed by atoms with Crippen LogP contribution >= 0.6 is 0 Å². The first-order valence-electron chi connectivity index (χ1n) is 18.0. The molecule has 0 aliphatic heterocycles. The molecule has 1 aliphatic carbocycles. The second-order valence-corrected chi connectivity index (χ2v) is 15.0. The summed E-state index contributed by atoms with van der Waals surface area (Å²) in [7, 11) is 0. The van der Waals surface area contributed by atoms with Gasteiger partial charge in [-0.3, -0.25) is 0 Å². The van der Waals surface area contributed by atoms with E-state index in [2.05, 4.69) is 209 Å². The molecule has 0 spiro atoms. The molecule has 1 aliphatic rings. The van der Waals surface area contributed by atoms with Gasteiger partial charge >= 0.3 is 0 Å². The van der Waals surface area contributed by atoms with E-state index in [-0.39, 0.29) is 10.8 Å². The van der Waals surface area contributed by atoms with Gasteiger partial charge in [0.25, 0.3) is 0 Å². The van der Waals surface area contributed by atoms with Gasteiger partial charge in [0, 0.05) is 16.9 Å². The Morgan fingerprint density at radius 2 is 0.941 bits per heavy atom. The first-order chi connectivity index (χ1) is 24.8. The lowest BCUT2D eigenvalue weighted by molar-refractivity contribution is 0.304. The van der Waals surface area contributed by atoms with E-state index < -0.39 is 0 Å². The van der Waals surface area contributed by atoms with Crippen LogP contribution in [0.4, 0.5) is 17.1 Å². The van der Waals surface area contributed by atoms with E-state index in [4.69, 9.17) is 0 Å². The van der Waals surface area contributed by atoms with E-state index >= 15 is 0 Å². The van der Waals surface area contributed by atoms with Crippen LogP contribution < -0.4 is 4.90 Å². The largest absolute Gasteiger partial charge is 0.310 e. The van der Waals surface area contributed by atoms with E-state index in [9.17, 15) is 0 Å². The van der Waals surface area contributed by atoms with Crippen LogP contribution in [-0.2, 0) is 10.8 Å². The van der Waals surface area contributed by atoms with Gasteiger partial charge in [-0.05, 0) is 108 Å². The number of hydrogen-bond donors (Lipinski definition) is 0. The average Bonchev–Trinajstić information content (AvgIpc) is 3.18. The summed E-state index contributed by atoms with van der Waals surface area (Å²) < 4.78 is 0. The minimum absolute atomic E-state index is 0.0110. The Balaban J connectivity index is 1.25. The second kappa shape index (κ2) is 11.9. The third-order valence-electron chi connectivity index (χ3n) is 11.8. The van der Waals surface area contributed by atoms with E-state index in [0.29, 0.717) is 0 Å². The summed E-state index contributed by atoms with van der Waals surface area (Å²) in [6.07, 6.45) is 0. The molecule has 0 fully saturated rings. The Kier molecular flexibility index (Phi) is 7.22. The van der Waals surface area contributed by atoms with Gasteiger partial charge in [-0.2, -0.15) is 0 Å². The Bertz CT molecular complexity index is 2580. The fourth-order valence-electron chi connectivity index (χ4n) is 8.41. The molecular formula is C50H41N. The maximum absolute atomic E-state index is 2.42. The minimum atomic E-state index is -0.0414. The van der Waals surface area contributed by atoms with Crippen molar-refractivity contribution in [1.82, 2.24) is 0 Å². The van der Waals surface area contributed by atoms with E-state index in [1.165, 1.54) is 66.1 Å². The van der Waals surface area contributed by atoms with Gasteiger partial charge < -0.3 is 4.90 Å². The van der Waals surface area contributed by atoms with Gasteiger partial charge in [0.15, 0.2) is 0 Å². The van der Waals surface area contributed by atoms with Crippen LogP contribution in [0.25, 0.3) is 54.9 Å². The smallest absolute Gasteiger partial charge is 0.0540 e. The summed E-state index contributed by atoms with van der Waals surface area (Å²) in [5.74, 6) is 0. The number of benzene rings is 8. The van der Waals surface area contributed by atoms with Crippen molar-refractivity contribution in [2.45, 2.75) is 38.5 Å². The molecule has 51 heavy (non-hydrogen) atoms. The van der Waals surface area contributed by atoms with Crippen LogP contribution in [0.1, 0.15) is 38.8 Å². The standard InChI is InChI=1S/C50H41N/c1-49(2)44-26-15-18-35-28-29-43-41(30-31-45(50(49,3)4)48(43)47(35)44)42-25-11-12-27-46(42)51(39-22-9-6-10-23-39)40-24-14-21-38(33-40)37-20-13-19-36(32-37)34-16-7-5-8-17-34/h5-33H,1-4H3. The molecule has 246 valence electrons. The van der Waals surface area contributed by atoms with Gasteiger partial charge in [-0.15, -0.1) is 0 Å². The molecule has 0 N–H and O–H groups in total. The van der Waals surface area contributed by atoms with Crippen molar-refractivity contribution in [3.8, 4) is 33.4 Å². The van der Waals surface area contributed by atoms with Crippen LogP contribution in [0.5, 0.6) is 0 Å². The van der Waals surface area contributed by atoms with Crippen molar-refractivity contribution in [1.29, 1.82) is 0 Å². The lowest BCUT2D eigenvalue weighted by atomic mass is 9.56. The summed E-state index contributed by atoms with van der Waals surface area (Å²) in [4.78, 5) is 2.42. The van der Waals surface area contributed by atoms with Crippen LogP contribution in [0.2, 0.25) is 0 Å². The molecule has 0 saturated heterocycles. The van der Waals surface area contributed by atoms with Crippen LogP contribution in [0.3, 0.4) is 0 Å². The van der Waals surface area contributed by atoms with Crippen molar-refractivity contribution in [3.05, 3.63) is 187 Å². The molecule has 8 aromatic rings. The van der Waals surface area contributed by atoms with Gasteiger partial charge in [-0.25, -0.2) is 0 Å². The van der Waals surface area contributed by atoms with E-state index in [1.54, 1.807) is 0 Å². The quantitative estimate of drug-likeness (QED) is 0.161. The number of para-hydroxylation sites is 2. The molecule has 0 unspecified atom stereocenters. The number of anilines is 3. The Labute approximate surface area is 301 Å². The molecule has 0 bridgehead atoms. The Morgan fingerprint density at radius 1 is 0.373 bits per heavy atom. The summed E-state index contributed by atoms with van der Waals surface area (Å²) in [6, 6.07) is 64.5. The zero-order valence-corrected chi connectivity index (χ0v) is 29.7. The Hall–Kier alpha value is -5.92. The van der Waals surface area contributed by atoms with Crippen molar-refractivity contribution >= 4 is 38.6 Å². The highest BCUT2D eigenvalue weighted by Crippen LogP contribution is 2.55. The average molecular weight is 656 g/mol. The fraction of sp³-hybridized carbons (Fsp3) is 0.120. The normalized spacial score (nSPS) is 14.2. The Morgan fingerprint density at radius 3 is 1.71 bits per heavy atom. The van der Waals surface area contributed by atoms with Crippen molar-refractivity contribution in [3.63, 3.8) is 0 Å². The molecule has 8 aromatic carbocycles. The van der Waals surface area contributed by atoms with Crippen molar-refractivity contribution < 1.29 is 0 Å². The van der Waals surface area contributed by atoms with Crippen LogP contribution in [-0.4, -0.2) is 0 Å². The summed E-state index contributed by atoms with van der Waals surface area (Å²) >= 11 is 0. The third-order valence-corrected chi connectivity index (χ3v) is 11.8. The van der Waals surface area contributed by atoms with E-state index in [0.717, 1.165) is 17.1 Å². The number of rotatable bonds is 6. The first kappa shape index (κ1) is 31.1. The number of hydrogen-bond acceptors (Lipinski definition) is 1. The second-order valence-electron chi connectivity index (χ2n) is 15.0. The van der Waals surface area contributed by atoms with Crippen LogP contribution in [0, 0.1) is 0 Å². The molecule has 0 aromatic heterocycles. The van der Waals surface area contributed by atoms with Crippen molar-refractivity contribution in [2.75, 3.05) is 4.90 Å². The zero-order valence-electron chi connectivity index (χ0n) is 29.7. The van der Waals surface area contributed by atoms with Crippen molar-refractivity contribution in [2.24, 2.45) is 0 Å². The molecule has 0 atom stereocenters. The summed E-state index contributed by atoms with van der Waals surface area (Å²) in [5.41, 5.74) is 13.5. The molecule has 0 saturated carbocycles. The molecule has 0 heterocycles. The first-order valence-corrected chi connectivity index (χ1v) is 18.0. The summed E-state index contributed by atoms with van der Waals surface area (Å²) in [5, 5.41) is 5.42. The van der Waals surface area contributed by atoms with Gasteiger partial charge in [0.1, 0.15) is 0 Å². The summed E-state index contributed by atoms with van der Waals surface area (Å²) in [6.45, 7) is 9.67. The fourth-order valence-corrected chi connectivity index (χ4v) is 8.41. The zero-order chi connectivity index (χ0) is 34.7. The lowest BCUT2D eigenvalue weighted by Gasteiger charge is -2.47. The van der Waals surface area contributed by atoms with Gasteiger partial charge in [-0.1, -0.05) is 167 Å². The maximum Gasteiger partial charge on any atom is 0.0540 e. The predicted octanol–water partition coefficient (Wildman–Crippen LogP) is 14.0. The molecule has 1 heteroatoms. The molecule has 1 nitrogen and oxygen atoms in total. The SMILES string of the molecule is CC1(C)c2cccc3ccc4c(-c5ccccc5N(c5ccccc5)c5cccc(-c6cccc(-c7ccccc7)c6)c5)ccc(c4c23)C1(C)C.